The zero-order valence-corrected chi connectivity index (χ0v) is 18.4. The number of ether oxygens (including phenoxy) is 3. The summed E-state index contributed by atoms with van der Waals surface area (Å²) in [6.07, 6.45) is 4.54. The standard InChI is InChI=1S/C23H34N2O5/c1-24(2)22(27)17-29-20-10-15-30-23(16-20)11-13-25(14-12-23)21(26)9-6-18-4-7-19(28-3)8-5-18/h4-5,7-8,20H,6,9-17H2,1-3H3. The number of nitrogens with zero attached hydrogens (tertiary/aromatic N) is 2. The largest absolute Gasteiger partial charge is 0.497 e. The van der Waals surface area contributed by atoms with Gasteiger partial charge in [-0.1, -0.05) is 12.1 Å². The third-order valence-corrected chi connectivity index (χ3v) is 6.20. The van der Waals surface area contributed by atoms with Crippen molar-refractivity contribution in [3.05, 3.63) is 29.8 Å². The number of likely N-dealkylation sites (N-methyl/N-ethyl adjacent to an activating group) is 1. The summed E-state index contributed by atoms with van der Waals surface area (Å²) in [5, 5.41) is 0. The first kappa shape index (κ1) is 22.6. The molecule has 7 nitrogen and oxygen atoms in total. The third-order valence-electron chi connectivity index (χ3n) is 6.20. The number of likely N-dealkylation sites (tertiary alicyclic amines) is 1. The zero-order chi connectivity index (χ0) is 21.6. The van der Waals surface area contributed by atoms with Crippen LogP contribution in [0.25, 0.3) is 0 Å². The van der Waals surface area contributed by atoms with Crippen LogP contribution in [0.2, 0.25) is 0 Å². The number of aryl methyl sites for hydroxylation is 1. The lowest BCUT2D eigenvalue weighted by atomic mass is 9.83. The Kier molecular flexibility index (Phi) is 7.72. The van der Waals surface area contributed by atoms with Crippen molar-refractivity contribution < 1.29 is 23.8 Å². The molecule has 7 heteroatoms. The Morgan fingerprint density at radius 1 is 1.20 bits per heavy atom. The Balaban J connectivity index is 1.43. The molecule has 1 atom stereocenters. The molecule has 2 heterocycles. The van der Waals surface area contributed by atoms with E-state index in [0.29, 0.717) is 26.1 Å². The molecular weight excluding hydrogens is 384 g/mol. The van der Waals surface area contributed by atoms with Gasteiger partial charge in [-0.25, -0.2) is 0 Å². The minimum atomic E-state index is -0.225. The highest BCUT2D eigenvalue weighted by atomic mass is 16.5. The average Bonchev–Trinajstić information content (AvgIpc) is 2.76. The van der Waals surface area contributed by atoms with Crippen LogP contribution in [-0.2, 0) is 25.5 Å². The number of carbonyl (C=O) groups excluding carboxylic acids is 2. The highest BCUT2D eigenvalue weighted by Gasteiger charge is 2.41. The van der Waals surface area contributed by atoms with E-state index in [1.807, 2.05) is 29.2 Å². The molecule has 1 aromatic rings. The van der Waals surface area contributed by atoms with Crippen molar-refractivity contribution in [1.29, 1.82) is 0 Å². The minimum Gasteiger partial charge on any atom is -0.497 e. The number of amides is 2. The number of methoxy groups -OCH3 is 1. The lowest BCUT2D eigenvalue weighted by molar-refractivity contribution is -0.166. The van der Waals surface area contributed by atoms with Crippen LogP contribution in [0.4, 0.5) is 0 Å². The van der Waals surface area contributed by atoms with Gasteiger partial charge in [0.05, 0.1) is 18.8 Å². The summed E-state index contributed by atoms with van der Waals surface area (Å²) in [6, 6.07) is 7.87. The van der Waals surface area contributed by atoms with Crippen LogP contribution in [0.15, 0.2) is 24.3 Å². The first-order chi connectivity index (χ1) is 14.4. The smallest absolute Gasteiger partial charge is 0.248 e. The second-order valence-corrected chi connectivity index (χ2v) is 8.47. The van der Waals surface area contributed by atoms with Gasteiger partial charge in [-0.2, -0.15) is 0 Å². The Hall–Kier alpha value is -2.12. The van der Waals surface area contributed by atoms with E-state index in [9.17, 15) is 9.59 Å². The minimum absolute atomic E-state index is 0.0205. The van der Waals surface area contributed by atoms with Crippen LogP contribution in [0.1, 0.15) is 37.7 Å². The molecule has 2 saturated heterocycles. The molecule has 2 amide bonds. The van der Waals surface area contributed by atoms with Crippen LogP contribution >= 0.6 is 0 Å². The summed E-state index contributed by atoms with van der Waals surface area (Å²) < 4.78 is 17.2. The van der Waals surface area contributed by atoms with Crippen molar-refractivity contribution in [1.82, 2.24) is 9.80 Å². The van der Waals surface area contributed by atoms with Crippen LogP contribution < -0.4 is 4.74 Å². The predicted octanol–water partition coefficient (Wildman–Crippen LogP) is 2.27. The first-order valence-electron chi connectivity index (χ1n) is 10.8. The van der Waals surface area contributed by atoms with Crippen molar-refractivity contribution in [3.63, 3.8) is 0 Å². The van der Waals surface area contributed by atoms with Crippen LogP contribution in [0, 0.1) is 0 Å². The van der Waals surface area contributed by atoms with Crippen molar-refractivity contribution in [2.24, 2.45) is 0 Å². The van der Waals surface area contributed by atoms with Crippen molar-refractivity contribution in [2.45, 2.75) is 50.2 Å². The molecule has 0 bridgehead atoms. The first-order valence-corrected chi connectivity index (χ1v) is 10.8. The van der Waals surface area contributed by atoms with Gasteiger partial charge in [-0.15, -0.1) is 0 Å². The lowest BCUT2D eigenvalue weighted by Crippen LogP contribution is -2.52. The summed E-state index contributed by atoms with van der Waals surface area (Å²) in [4.78, 5) is 28.0. The van der Waals surface area contributed by atoms with E-state index in [4.69, 9.17) is 14.2 Å². The molecule has 2 fully saturated rings. The van der Waals surface area contributed by atoms with E-state index >= 15 is 0 Å². The van der Waals surface area contributed by atoms with Gasteiger partial charge in [-0.3, -0.25) is 9.59 Å². The average molecular weight is 419 g/mol. The van der Waals surface area contributed by atoms with Crippen molar-refractivity contribution >= 4 is 11.8 Å². The summed E-state index contributed by atoms with van der Waals surface area (Å²) in [6.45, 7) is 2.19. The molecule has 1 aromatic carbocycles. The maximum absolute atomic E-state index is 12.7. The predicted molar refractivity (Wildman–Crippen MR) is 113 cm³/mol. The van der Waals surface area contributed by atoms with Crippen LogP contribution in [0.3, 0.4) is 0 Å². The summed E-state index contributed by atoms with van der Waals surface area (Å²) in [5.41, 5.74) is 0.914. The molecule has 0 aliphatic carbocycles. The van der Waals surface area contributed by atoms with E-state index in [2.05, 4.69) is 0 Å². The number of hydrogen-bond acceptors (Lipinski definition) is 5. The molecule has 3 rings (SSSR count). The molecule has 30 heavy (non-hydrogen) atoms. The van der Waals surface area contributed by atoms with Crippen LogP contribution in [0.5, 0.6) is 5.75 Å². The molecule has 0 saturated carbocycles. The van der Waals surface area contributed by atoms with Gasteiger partial charge in [0.2, 0.25) is 11.8 Å². The van der Waals surface area contributed by atoms with Crippen LogP contribution in [-0.4, -0.2) is 80.8 Å². The van der Waals surface area contributed by atoms with E-state index in [1.54, 1.807) is 26.1 Å². The Labute approximate surface area is 179 Å². The molecule has 0 N–H and O–H groups in total. The van der Waals surface area contributed by atoms with E-state index in [1.165, 1.54) is 0 Å². The zero-order valence-electron chi connectivity index (χ0n) is 18.4. The van der Waals surface area contributed by atoms with Gasteiger partial charge < -0.3 is 24.0 Å². The van der Waals surface area contributed by atoms with E-state index in [0.717, 1.165) is 43.4 Å². The summed E-state index contributed by atoms with van der Waals surface area (Å²) in [5.74, 6) is 1.00. The van der Waals surface area contributed by atoms with Crippen molar-refractivity contribution in [2.75, 3.05) is 47.5 Å². The topological polar surface area (TPSA) is 68.3 Å². The summed E-state index contributed by atoms with van der Waals surface area (Å²) in [7, 11) is 5.12. The number of benzene rings is 1. The number of rotatable bonds is 7. The normalized spacial score (nSPS) is 20.8. The summed E-state index contributed by atoms with van der Waals surface area (Å²) >= 11 is 0. The Morgan fingerprint density at radius 3 is 2.53 bits per heavy atom. The number of carbonyl (C=O) groups is 2. The monoisotopic (exact) mass is 418 g/mol. The fraction of sp³-hybridized carbons (Fsp3) is 0.652. The van der Waals surface area contributed by atoms with Gasteiger partial charge in [0.25, 0.3) is 0 Å². The van der Waals surface area contributed by atoms with Gasteiger partial charge in [0.15, 0.2) is 0 Å². The second-order valence-electron chi connectivity index (χ2n) is 8.47. The number of piperidine rings is 1. The second kappa shape index (κ2) is 10.3. The Bertz CT molecular complexity index is 711. The molecule has 0 aromatic heterocycles. The van der Waals surface area contributed by atoms with Gasteiger partial charge in [0, 0.05) is 46.6 Å². The van der Waals surface area contributed by atoms with E-state index < -0.39 is 0 Å². The molecule has 166 valence electrons. The third kappa shape index (κ3) is 5.95. The van der Waals surface area contributed by atoms with Gasteiger partial charge >= 0.3 is 0 Å². The molecular formula is C23H34N2O5. The molecule has 2 aliphatic heterocycles. The molecule has 0 radical (unpaired) electrons. The highest BCUT2D eigenvalue weighted by molar-refractivity contribution is 5.77. The Morgan fingerprint density at radius 2 is 1.90 bits per heavy atom. The van der Waals surface area contributed by atoms with Crippen molar-refractivity contribution in [3.8, 4) is 5.75 Å². The quantitative estimate of drug-likeness (QED) is 0.680. The molecule has 1 unspecified atom stereocenters. The fourth-order valence-electron chi connectivity index (χ4n) is 4.16. The lowest BCUT2D eigenvalue weighted by Gasteiger charge is -2.46. The number of hydrogen-bond donors (Lipinski definition) is 0. The SMILES string of the molecule is COc1ccc(CCC(=O)N2CCC3(CC2)CC(OCC(=O)N(C)C)CCO3)cc1. The molecule has 2 aliphatic rings. The highest BCUT2D eigenvalue weighted by Crippen LogP contribution is 2.36. The fourth-order valence-corrected chi connectivity index (χ4v) is 4.16. The maximum Gasteiger partial charge on any atom is 0.248 e. The maximum atomic E-state index is 12.7. The molecule has 1 spiro atoms. The van der Waals surface area contributed by atoms with Gasteiger partial charge in [-0.05, 0) is 43.4 Å². The van der Waals surface area contributed by atoms with Gasteiger partial charge in [0.1, 0.15) is 12.4 Å². The van der Waals surface area contributed by atoms with E-state index in [-0.39, 0.29) is 30.1 Å².